The summed E-state index contributed by atoms with van der Waals surface area (Å²) in [4.78, 5) is 12.3. The van der Waals surface area contributed by atoms with E-state index < -0.39 is 24.7 Å². The molecule has 1 saturated carbocycles. The normalized spacial score (nSPS) is 20.2. The lowest BCUT2D eigenvalue weighted by Crippen LogP contribution is -2.38. The zero-order valence-corrected chi connectivity index (χ0v) is 19.1. The van der Waals surface area contributed by atoms with Gasteiger partial charge in [-0.05, 0) is 48.4 Å². The molecule has 0 aromatic heterocycles. The van der Waals surface area contributed by atoms with Gasteiger partial charge in [-0.25, -0.2) is 0 Å². The standard InChI is InChI=1S/C26H29F3N2O2/c1-17(2)19-9-11-21(12-10-19)31-22(15-18(3)24(32)33-16-26(27,28)29)25(13-14-25)23(30-31)20-7-5-4-6-8-20/h4-12,17-18,22H,13-16H2,1-3H3. The molecule has 2 aliphatic rings. The number of carbonyl (C=O) groups excluding carboxylic acids is 1. The van der Waals surface area contributed by atoms with Gasteiger partial charge in [0.2, 0.25) is 0 Å². The van der Waals surface area contributed by atoms with Gasteiger partial charge < -0.3 is 4.74 Å². The number of nitrogens with zero attached hydrogens (tertiary/aromatic N) is 2. The molecule has 33 heavy (non-hydrogen) atoms. The summed E-state index contributed by atoms with van der Waals surface area (Å²) in [6.07, 6.45) is -2.32. The highest BCUT2D eigenvalue weighted by atomic mass is 19.4. The number of anilines is 1. The molecule has 1 fully saturated rings. The topological polar surface area (TPSA) is 41.9 Å². The molecule has 0 bridgehead atoms. The first-order valence-corrected chi connectivity index (χ1v) is 11.4. The number of benzene rings is 2. The third kappa shape index (κ3) is 4.92. The molecule has 7 heteroatoms. The fourth-order valence-corrected chi connectivity index (χ4v) is 4.62. The summed E-state index contributed by atoms with van der Waals surface area (Å²) in [5.41, 5.74) is 3.94. The minimum Gasteiger partial charge on any atom is -0.456 e. The molecule has 1 spiro atoms. The Hall–Kier alpha value is -2.83. The highest BCUT2D eigenvalue weighted by Gasteiger charge is 2.60. The Morgan fingerprint density at radius 1 is 1.09 bits per heavy atom. The lowest BCUT2D eigenvalue weighted by molar-refractivity contribution is -0.189. The van der Waals surface area contributed by atoms with Crippen molar-refractivity contribution in [1.82, 2.24) is 0 Å². The highest BCUT2D eigenvalue weighted by molar-refractivity contribution is 6.09. The van der Waals surface area contributed by atoms with Gasteiger partial charge in [0.15, 0.2) is 6.61 Å². The minimum absolute atomic E-state index is 0.133. The van der Waals surface area contributed by atoms with Crippen LogP contribution in [0.5, 0.6) is 0 Å². The summed E-state index contributed by atoms with van der Waals surface area (Å²) in [6, 6.07) is 18.0. The smallest absolute Gasteiger partial charge is 0.422 e. The number of halogens is 3. The predicted octanol–water partition coefficient (Wildman–Crippen LogP) is 6.31. The van der Waals surface area contributed by atoms with Crippen molar-refractivity contribution < 1.29 is 22.7 Å². The number of hydrogen-bond acceptors (Lipinski definition) is 4. The predicted molar refractivity (Wildman–Crippen MR) is 122 cm³/mol. The van der Waals surface area contributed by atoms with Crippen LogP contribution in [0.25, 0.3) is 0 Å². The molecule has 0 amide bonds. The zero-order chi connectivity index (χ0) is 23.8. The van der Waals surface area contributed by atoms with Crippen LogP contribution < -0.4 is 5.01 Å². The van der Waals surface area contributed by atoms with Crippen LogP contribution in [-0.2, 0) is 9.53 Å². The Morgan fingerprint density at radius 2 is 1.73 bits per heavy atom. The van der Waals surface area contributed by atoms with Crippen LogP contribution in [-0.4, -0.2) is 30.5 Å². The van der Waals surface area contributed by atoms with E-state index in [0.717, 1.165) is 29.8 Å². The molecular formula is C26H29F3N2O2. The Kier molecular flexibility index (Phi) is 6.25. The molecule has 0 radical (unpaired) electrons. The first-order valence-electron chi connectivity index (χ1n) is 11.4. The SMILES string of the molecule is CC(CC1N(c2ccc(C(C)C)cc2)N=C(c2ccccc2)C12CC2)C(=O)OCC(F)(F)F. The summed E-state index contributed by atoms with van der Waals surface area (Å²) >= 11 is 0. The van der Waals surface area contributed by atoms with Gasteiger partial charge in [-0.3, -0.25) is 9.80 Å². The van der Waals surface area contributed by atoms with Crippen molar-refractivity contribution in [1.29, 1.82) is 0 Å². The van der Waals surface area contributed by atoms with Crippen LogP contribution >= 0.6 is 0 Å². The van der Waals surface area contributed by atoms with Crippen LogP contribution in [0.3, 0.4) is 0 Å². The van der Waals surface area contributed by atoms with Crippen molar-refractivity contribution in [3.05, 3.63) is 65.7 Å². The second-order valence-electron chi connectivity index (χ2n) is 9.44. The van der Waals surface area contributed by atoms with Crippen LogP contribution in [0.1, 0.15) is 57.1 Å². The molecule has 1 heterocycles. The van der Waals surface area contributed by atoms with E-state index in [1.165, 1.54) is 5.56 Å². The van der Waals surface area contributed by atoms with Gasteiger partial charge in [0, 0.05) is 5.41 Å². The number of rotatable bonds is 7. The maximum Gasteiger partial charge on any atom is 0.422 e. The first kappa shape index (κ1) is 23.3. The molecule has 2 unspecified atom stereocenters. The first-order chi connectivity index (χ1) is 15.6. The average molecular weight is 459 g/mol. The Bertz CT molecular complexity index is 1010. The molecule has 0 saturated heterocycles. The fraction of sp³-hybridized carbons (Fsp3) is 0.462. The molecule has 4 rings (SSSR count). The second-order valence-corrected chi connectivity index (χ2v) is 9.44. The van der Waals surface area contributed by atoms with E-state index in [2.05, 4.69) is 30.7 Å². The van der Waals surface area contributed by atoms with Gasteiger partial charge in [0.05, 0.1) is 23.4 Å². The monoisotopic (exact) mass is 458 g/mol. The number of esters is 1. The van der Waals surface area contributed by atoms with Crippen molar-refractivity contribution in [2.45, 2.75) is 58.2 Å². The Balaban J connectivity index is 1.63. The molecule has 1 aliphatic heterocycles. The molecular weight excluding hydrogens is 429 g/mol. The number of ether oxygens (including phenoxy) is 1. The summed E-state index contributed by atoms with van der Waals surface area (Å²) in [5, 5.41) is 6.98. The van der Waals surface area contributed by atoms with Gasteiger partial charge in [0.1, 0.15) is 0 Å². The van der Waals surface area contributed by atoms with Crippen LogP contribution in [0, 0.1) is 11.3 Å². The van der Waals surface area contributed by atoms with Gasteiger partial charge >= 0.3 is 12.1 Å². The van der Waals surface area contributed by atoms with Crippen LogP contribution in [0.15, 0.2) is 59.7 Å². The third-order valence-electron chi connectivity index (χ3n) is 6.63. The number of alkyl halides is 3. The van der Waals surface area contributed by atoms with Gasteiger partial charge in [0.25, 0.3) is 0 Å². The van der Waals surface area contributed by atoms with E-state index in [1.807, 2.05) is 47.5 Å². The molecule has 2 aromatic rings. The lowest BCUT2D eigenvalue weighted by Gasteiger charge is -2.30. The van der Waals surface area contributed by atoms with Gasteiger partial charge in [-0.1, -0.05) is 63.2 Å². The Labute approximate surface area is 192 Å². The second kappa shape index (κ2) is 8.84. The van der Waals surface area contributed by atoms with Crippen molar-refractivity contribution in [3.8, 4) is 0 Å². The summed E-state index contributed by atoms with van der Waals surface area (Å²) < 4.78 is 42.1. The number of carbonyl (C=O) groups is 1. The fourth-order valence-electron chi connectivity index (χ4n) is 4.62. The largest absolute Gasteiger partial charge is 0.456 e. The van der Waals surface area contributed by atoms with E-state index in [-0.39, 0.29) is 11.5 Å². The molecule has 0 N–H and O–H groups in total. The number of hydrazone groups is 1. The van der Waals surface area contributed by atoms with E-state index in [1.54, 1.807) is 6.92 Å². The quantitative estimate of drug-likeness (QED) is 0.456. The maximum absolute atomic E-state index is 12.5. The van der Waals surface area contributed by atoms with Crippen molar-refractivity contribution in [3.63, 3.8) is 0 Å². The van der Waals surface area contributed by atoms with E-state index in [4.69, 9.17) is 5.10 Å². The van der Waals surface area contributed by atoms with Crippen molar-refractivity contribution >= 4 is 17.4 Å². The third-order valence-corrected chi connectivity index (χ3v) is 6.63. The molecule has 2 aromatic carbocycles. The summed E-state index contributed by atoms with van der Waals surface area (Å²) in [5.74, 6) is -1.11. The van der Waals surface area contributed by atoms with Crippen LogP contribution in [0.2, 0.25) is 0 Å². The lowest BCUT2D eigenvalue weighted by atomic mass is 9.83. The van der Waals surface area contributed by atoms with Gasteiger partial charge in [-0.2, -0.15) is 18.3 Å². The van der Waals surface area contributed by atoms with Crippen molar-refractivity contribution in [2.24, 2.45) is 16.4 Å². The Morgan fingerprint density at radius 3 is 2.27 bits per heavy atom. The van der Waals surface area contributed by atoms with Crippen molar-refractivity contribution in [2.75, 3.05) is 11.6 Å². The van der Waals surface area contributed by atoms with E-state index in [0.29, 0.717) is 12.3 Å². The van der Waals surface area contributed by atoms with Gasteiger partial charge in [-0.15, -0.1) is 0 Å². The number of hydrogen-bond donors (Lipinski definition) is 0. The molecule has 1 aliphatic carbocycles. The highest BCUT2D eigenvalue weighted by Crippen LogP contribution is 2.58. The maximum atomic E-state index is 12.5. The molecule has 176 valence electrons. The van der Waals surface area contributed by atoms with E-state index in [9.17, 15) is 18.0 Å². The summed E-state index contributed by atoms with van der Waals surface area (Å²) in [6.45, 7) is 4.34. The minimum atomic E-state index is -4.53. The average Bonchev–Trinajstić information content (AvgIpc) is 3.52. The molecule has 2 atom stereocenters. The van der Waals surface area contributed by atoms with E-state index >= 15 is 0 Å². The summed E-state index contributed by atoms with van der Waals surface area (Å²) in [7, 11) is 0. The van der Waals surface area contributed by atoms with Crippen LogP contribution in [0.4, 0.5) is 18.9 Å². The molecule has 4 nitrogen and oxygen atoms in total. The zero-order valence-electron chi connectivity index (χ0n) is 19.1.